The summed E-state index contributed by atoms with van der Waals surface area (Å²) >= 11 is 7.84. The fourth-order valence-corrected chi connectivity index (χ4v) is 2.94. The van der Waals surface area contributed by atoms with Crippen LogP contribution in [0.25, 0.3) is 0 Å². The fraction of sp³-hybridized carbons (Fsp3) is 0.455. The van der Waals surface area contributed by atoms with Crippen molar-refractivity contribution in [3.05, 3.63) is 23.2 Å². The Hall–Kier alpha value is -0.380. The van der Waals surface area contributed by atoms with E-state index < -0.39 is 0 Å². The zero-order valence-corrected chi connectivity index (χ0v) is 9.98. The van der Waals surface area contributed by atoms with Gasteiger partial charge in [0.1, 0.15) is 0 Å². The lowest BCUT2D eigenvalue weighted by Gasteiger charge is -2.08. The zero-order valence-electron chi connectivity index (χ0n) is 8.41. The topological polar surface area (TPSA) is 35.2 Å². The molecule has 1 fully saturated rings. The standard InChI is InChI=1S/C11H14ClNOS/c12-10-2-1-9(13)5-11(10)15-7-8-3-4-14-6-8/h1-2,5,8H,3-4,6-7,13H2. The van der Waals surface area contributed by atoms with Gasteiger partial charge in [0, 0.05) is 22.9 Å². The van der Waals surface area contributed by atoms with Crippen LogP contribution < -0.4 is 5.73 Å². The molecule has 2 rings (SSSR count). The molecule has 0 aromatic heterocycles. The highest BCUT2D eigenvalue weighted by Gasteiger charge is 2.16. The first kappa shape index (κ1) is 11.1. The van der Waals surface area contributed by atoms with E-state index in [1.54, 1.807) is 11.8 Å². The average molecular weight is 244 g/mol. The van der Waals surface area contributed by atoms with Crippen LogP contribution in [0.2, 0.25) is 5.02 Å². The molecule has 1 aromatic carbocycles. The van der Waals surface area contributed by atoms with Crippen molar-refractivity contribution in [1.29, 1.82) is 0 Å². The fourth-order valence-electron chi connectivity index (χ4n) is 1.55. The Bertz CT molecular complexity index is 339. The smallest absolute Gasteiger partial charge is 0.0543 e. The number of rotatable bonds is 3. The third-order valence-corrected chi connectivity index (χ3v) is 4.18. The second-order valence-electron chi connectivity index (χ2n) is 3.73. The molecule has 1 atom stereocenters. The van der Waals surface area contributed by atoms with Crippen LogP contribution in [0.15, 0.2) is 23.1 Å². The van der Waals surface area contributed by atoms with Crippen LogP contribution in [-0.4, -0.2) is 19.0 Å². The molecule has 0 aliphatic carbocycles. The lowest BCUT2D eigenvalue weighted by Crippen LogP contribution is -2.02. The number of nitrogen functional groups attached to an aromatic ring is 1. The first-order valence-electron chi connectivity index (χ1n) is 5.01. The van der Waals surface area contributed by atoms with Crippen molar-refractivity contribution >= 4 is 29.1 Å². The number of halogens is 1. The SMILES string of the molecule is Nc1ccc(Cl)c(SCC2CCOC2)c1. The van der Waals surface area contributed by atoms with Gasteiger partial charge in [0.05, 0.1) is 11.6 Å². The third kappa shape index (κ3) is 3.03. The lowest BCUT2D eigenvalue weighted by molar-refractivity contribution is 0.189. The Kier molecular flexibility index (Phi) is 3.78. The summed E-state index contributed by atoms with van der Waals surface area (Å²) in [6, 6.07) is 5.61. The molecule has 15 heavy (non-hydrogen) atoms. The Morgan fingerprint density at radius 3 is 3.13 bits per heavy atom. The van der Waals surface area contributed by atoms with E-state index in [2.05, 4.69) is 0 Å². The van der Waals surface area contributed by atoms with Gasteiger partial charge in [-0.25, -0.2) is 0 Å². The normalized spacial score (nSPS) is 20.7. The van der Waals surface area contributed by atoms with Crippen LogP contribution in [0.5, 0.6) is 0 Å². The number of hydrogen-bond donors (Lipinski definition) is 1. The van der Waals surface area contributed by atoms with E-state index in [0.29, 0.717) is 5.92 Å². The molecule has 1 aromatic rings. The molecule has 0 saturated carbocycles. The molecule has 0 radical (unpaired) electrons. The predicted molar refractivity (Wildman–Crippen MR) is 65.5 cm³/mol. The molecule has 1 aliphatic heterocycles. The van der Waals surface area contributed by atoms with E-state index in [1.165, 1.54) is 0 Å². The summed E-state index contributed by atoms with van der Waals surface area (Å²) in [5.41, 5.74) is 6.48. The van der Waals surface area contributed by atoms with Gasteiger partial charge < -0.3 is 10.5 Å². The van der Waals surface area contributed by atoms with Crippen molar-refractivity contribution in [2.45, 2.75) is 11.3 Å². The highest BCUT2D eigenvalue weighted by atomic mass is 35.5. The molecule has 0 amide bonds. The van der Waals surface area contributed by atoms with Crippen molar-refractivity contribution in [2.75, 3.05) is 24.7 Å². The Morgan fingerprint density at radius 2 is 2.40 bits per heavy atom. The van der Waals surface area contributed by atoms with E-state index >= 15 is 0 Å². The zero-order chi connectivity index (χ0) is 10.7. The van der Waals surface area contributed by atoms with Gasteiger partial charge in [-0.3, -0.25) is 0 Å². The second-order valence-corrected chi connectivity index (χ2v) is 5.20. The van der Waals surface area contributed by atoms with Gasteiger partial charge in [-0.15, -0.1) is 11.8 Å². The van der Waals surface area contributed by atoms with Crippen molar-refractivity contribution in [2.24, 2.45) is 5.92 Å². The van der Waals surface area contributed by atoms with E-state index in [0.717, 1.165) is 41.0 Å². The van der Waals surface area contributed by atoms with Gasteiger partial charge in [0.15, 0.2) is 0 Å². The van der Waals surface area contributed by atoms with Gasteiger partial charge in [0.2, 0.25) is 0 Å². The van der Waals surface area contributed by atoms with Crippen molar-refractivity contribution in [3.8, 4) is 0 Å². The Morgan fingerprint density at radius 1 is 1.53 bits per heavy atom. The van der Waals surface area contributed by atoms with Gasteiger partial charge >= 0.3 is 0 Å². The monoisotopic (exact) mass is 243 g/mol. The highest BCUT2D eigenvalue weighted by Crippen LogP contribution is 2.31. The molecule has 2 N–H and O–H groups in total. The molecule has 0 bridgehead atoms. The number of hydrogen-bond acceptors (Lipinski definition) is 3. The molecular weight excluding hydrogens is 230 g/mol. The summed E-state index contributed by atoms with van der Waals surface area (Å²) < 4.78 is 5.33. The molecule has 1 saturated heterocycles. The number of ether oxygens (including phenoxy) is 1. The largest absolute Gasteiger partial charge is 0.399 e. The molecule has 1 aliphatic rings. The molecular formula is C11H14ClNOS. The summed E-state index contributed by atoms with van der Waals surface area (Å²) in [4.78, 5) is 1.07. The number of anilines is 1. The molecule has 1 unspecified atom stereocenters. The van der Waals surface area contributed by atoms with E-state index in [1.807, 2.05) is 18.2 Å². The van der Waals surface area contributed by atoms with Gasteiger partial charge in [-0.05, 0) is 30.5 Å². The molecule has 0 spiro atoms. The van der Waals surface area contributed by atoms with Gasteiger partial charge in [-0.2, -0.15) is 0 Å². The van der Waals surface area contributed by atoms with Crippen molar-refractivity contribution < 1.29 is 4.74 Å². The predicted octanol–water partition coefficient (Wildman–Crippen LogP) is 3.05. The molecule has 4 heteroatoms. The Balaban J connectivity index is 1.94. The van der Waals surface area contributed by atoms with Crippen LogP contribution in [0.1, 0.15) is 6.42 Å². The van der Waals surface area contributed by atoms with Crippen LogP contribution in [0.4, 0.5) is 5.69 Å². The maximum absolute atomic E-state index is 6.07. The van der Waals surface area contributed by atoms with E-state index in [-0.39, 0.29) is 0 Å². The average Bonchev–Trinajstić information content (AvgIpc) is 2.72. The minimum Gasteiger partial charge on any atom is -0.399 e. The second kappa shape index (κ2) is 5.10. The Labute approximate surface area is 99.1 Å². The summed E-state index contributed by atoms with van der Waals surface area (Å²) in [7, 11) is 0. The van der Waals surface area contributed by atoms with Crippen LogP contribution >= 0.6 is 23.4 Å². The van der Waals surface area contributed by atoms with Gasteiger partial charge in [0.25, 0.3) is 0 Å². The van der Waals surface area contributed by atoms with Crippen molar-refractivity contribution in [3.63, 3.8) is 0 Å². The number of nitrogens with two attached hydrogens (primary N) is 1. The first-order chi connectivity index (χ1) is 7.25. The lowest BCUT2D eigenvalue weighted by atomic mass is 10.2. The third-order valence-electron chi connectivity index (χ3n) is 2.45. The quantitative estimate of drug-likeness (QED) is 0.655. The van der Waals surface area contributed by atoms with Gasteiger partial charge in [-0.1, -0.05) is 11.6 Å². The molecule has 1 heterocycles. The van der Waals surface area contributed by atoms with Crippen LogP contribution in [0, 0.1) is 5.92 Å². The summed E-state index contributed by atoms with van der Waals surface area (Å²) in [5.74, 6) is 1.72. The van der Waals surface area contributed by atoms with Crippen LogP contribution in [0.3, 0.4) is 0 Å². The summed E-state index contributed by atoms with van der Waals surface area (Å²) in [6.45, 7) is 1.78. The van der Waals surface area contributed by atoms with E-state index in [9.17, 15) is 0 Å². The minimum absolute atomic E-state index is 0.660. The minimum atomic E-state index is 0.660. The number of thioether (sulfide) groups is 1. The van der Waals surface area contributed by atoms with Crippen LogP contribution in [-0.2, 0) is 4.74 Å². The maximum Gasteiger partial charge on any atom is 0.0543 e. The van der Waals surface area contributed by atoms with E-state index in [4.69, 9.17) is 22.1 Å². The maximum atomic E-state index is 6.07. The summed E-state index contributed by atoms with van der Waals surface area (Å²) in [6.07, 6.45) is 1.16. The molecule has 82 valence electrons. The first-order valence-corrected chi connectivity index (χ1v) is 6.37. The molecule has 2 nitrogen and oxygen atoms in total. The van der Waals surface area contributed by atoms with Crippen molar-refractivity contribution in [1.82, 2.24) is 0 Å². The highest BCUT2D eigenvalue weighted by molar-refractivity contribution is 7.99. The number of benzene rings is 1. The summed E-state index contributed by atoms with van der Waals surface area (Å²) in [5, 5.41) is 0.785.